The van der Waals surface area contributed by atoms with Gasteiger partial charge < -0.3 is 15.0 Å². The maximum atomic E-state index is 9.73. The molecule has 0 unspecified atom stereocenters. The number of nitrogens with zero attached hydrogens (tertiary/aromatic N) is 3. The number of aliphatic hydroxyl groups is 1. The van der Waals surface area contributed by atoms with Crippen molar-refractivity contribution in [2.75, 3.05) is 11.9 Å². The Labute approximate surface area is 144 Å². The molecule has 2 heterocycles. The first-order valence-electron chi connectivity index (χ1n) is 8.65. The number of halogens is 1. The third kappa shape index (κ3) is 3.38. The van der Waals surface area contributed by atoms with Crippen LogP contribution >= 0.6 is 15.9 Å². The van der Waals surface area contributed by atoms with Crippen molar-refractivity contribution in [1.82, 2.24) is 14.5 Å². The first kappa shape index (κ1) is 15.4. The number of nitrogens with one attached hydrogen (secondary N) is 1. The van der Waals surface area contributed by atoms with Crippen molar-refractivity contribution in [2.45, 2.75) is 57.1 Å². The molecule has 5 nitrogen and oxygen atoms in total. The normalized spacial score (nSPS) is 25.0. The largest absolute Gasteiger partial charge is 0.393 e. The van der Waals surface area contributed by atoms with Gasteiger partial charge in [-0.15, -0.1) is 0 Å². The van der Waals surface area contributed by atoms with E-state index in [0.29, 0.717) is 6.04 Å². The molecular weight excluding hydrogens is 356 g/mol. The molecule has 6 heteroatoms. The SMILES string of the molecule is O[C@H]1CC[C@H](n2cc(Br)c3cnc(NCCC4CC4)nc32)CC1. The Hall–Kier alpha value is -1.14. The molecule has 2 N–H and O–H groups in total. The third-order valence-electron chi connectivity index (χ3n) is 5.12. The van der Waals surface area contributed by atoms with E-state index in [1.54, 1.807) is 0 Å². The lowest BCUT2D eigenvalue weighted by atomic mass is 9.93. The van der Waals surface area contributed by atoms with Crippen LogP contribution in [0.15, 0.2) is 16.9 Å². The Bertz CT molecular complexity index is 689. The van der Waals surface area contributed by atoms with Crippen LogP contribution in [0.4, 0.5) is 5.95 Å². The van der Waals surface area contributed by atoms with Gasteiger partial charge in [0.1, 0.15) is 5.65 Å². The fourth-order valence-electron chi connectivity index (χ4n) is 3.49. The van der Waals surface area contributed by atoms with Gasteiger partial charge in [0.05, 0.1) is 11.5 Å². The van der Waals surface area contributed by atoms with Crippen LogP contribution in [-0.2, 0) is 0 Å². The molecule has 2 aromatic rings. The highest BCUT2D eigenvalue weighted by atomic mass is 79.9. The molecule has 0 radical (unpaired) electrons. The molecule has 0 aromatic carbocycles. The highest BCUT2D eigenvalue weighted by Gasteiger charge is 2.24. The molecule has 0 bridgehead atoms. The standard InChI is InChI=1S/C17H23BrN4O/c18-15-10-22(12-3-5-13(23)6-4-12)16-14(15)9-20-17(21-16)19-8-7-11-1-2-11/h9-13,23H,1-8H2,(H,19,20,21)/t12-,13-. The average molecular weight is 379 g/mol. The van der Waals surface area contributed by atoms with Crippen molar-refractivity contribution in [3.63, 3.8) is 0 Å². The number of fused-ring (bicyclic) bond motifs is 1. The van der Waals surface area contributed by atoms with E-state index in [4.69, 9.17) is 4.98 Å². The summed E-state index contributed by atoms with van der Waals surface area (Å²) < 4.78 is 3.31. The monoisotopic (exact) mass is 378 g/mol. The van der Waals surface area contributed by atoms with Crippen molar-refractivity contribution in [1.29, 1.82) is 0 Å². The summed E-state index contributed by atoms with van der Waals surface area (Å²) in [6.45, 7) is 0.952. The number of anilines is 1. The summed E-state index contributed by atoms with van der Waals surface area (Å²) in [6, 6.07) is 0.418. The fraction of sp³-hybridized carbons (Fsp3) is 0.647. The molecule has 2 saturated carbocycles. The Morgan fingerprint density at radius 2 is 2.00 bits per heavy atom. The van der Waals surface area contributed by atoms with Gasteiger partial charge in [0.15, 0.2) is 0 Å². The highest BCUT2D eigenvalue weighted by Crippen LogP contribution is 2.35. The minimum atomic E-state index is -0.134. The van der Waals surface area contributed by atoms with E-state index in [-0.39, 0.29) is 6.10 Å². The van der Waals surface area contributed by atoms with Gasteiger partial charge in [0, 0.05) is 29.5 Å². The van der Waals surface area contributed by atoms with Gasteiger partial charge in [-0.25, -0.2) is 4.98 Å². The van der Waals surface area contributed by atoms with Crippen molar-refractivity contribution >= 4 is 32.9 Å². The summed E-state index contributed by atoms with van der Waals surface area (Å²) in [7, 11) is 0. The number of hydrogen-bond donors (Lipinski definition) is 2. The van der Waals surface area contributed by atoms with Crippen LogP contribution in [0.1, 0.15) is 51.0 Å². The zero-order chi connectivity index (χ0) is 15.8. The van der Waals surface area contributed by atoms with Crippen LogP contribution in [0.25, 0.3) is 11.0 Å². The quantitative estimate of drug-likeness (QED) is 0.828. The summed E-state index contributed by atoms with van der Waals surface area (Å²) >= 11 is 3.63. The van der Waals surface area contributed by atoms with Crippen molar-refractivity contribution in [2.24, 2.45) is 5.92 Å². The maximum Gasteiger partial charge on any atom is 0.224 e. The molecule has 0 saturated heterocycles. The second-order valence-electron chi connectivity index (χ2n) is 6.94. The highest BCUT2D eigenvalue weighted by molar-refractivity contribution is 9.10. The fourth-order valence-corrected chi connectivity index (χ4v) is 3.99. The van der Waals surface area contributed by atoms with Gasteiger partial charge in [-0.05, 0) is 54.0 Å². The van der Waals surface area contributed by atoms with Crippen molar-refractivity contribution < 1.29 is 5.11 Å². The number of hydrogen-bond acceptors (Lipinski definition) is 4. The average Bonchev–Trinajstić information content (AvgIpc) is 3.32. The molecule has 0 aliphatic heterocycles. The van der Waals surface area contributed by atoms with E-state index in [0.717, 1.165) is 59.6 Å². The van der Waals surface area contributed by atoms with E-state index < -0.39 is 0 Å². The van der Waals surface area contributed by atoms with Crippen molar-refractivity contribution in [3.05, 3.63) is 16.9 Å². The first-order chi connectivity index (χ1) is 11.2. The molecule has 0 amide bonds. The lowest BCUT2D eigenvalue weighted by Gasteiger charge is -2.27. The van der Waals surface area contributed by atoms with Gasteiger partial charge in [0.2, 0.25) is 5.95 Å². The zero-order valence-electron chi connectivity index (χ0n) is 13.2. The maximum absolute atomic E-state index is 9.73. The van der Waals surface area contributed by atoms with Crippen molar-refractivity contribution in [3.8, 4) is 0 Å². The summed E-state index contributed by atoms with van der Waals surface area (Å²) in [5.41, 5.74) is 0.988. The molecule has 23 heavy (non-hydrogen) atoms. The Morgan fingerprint density at radius 3 is 2.74 bits per heavy atom. The number of rotatable bonds is 5. The molecule has 2 aromatic heterocycles. The zero-order valence-corrected chi connectivity index (χ0v) is 14.8. The van der Waals surface area contributed by atoms with E-state index in [1.807, 2.05) is 6.20 Å². The van der Waals surface area contributed by atoms with Gasteiger partial charge >= 0.3 is 0 Å². The molecule has 124 valence electrons. The van der Waals surface area contributed by atoms with Gasteiger partial charge in [-0.2, -0.15) is 4.98 Å². The van der Waals surface area contributed by atoms with E-state index in [9.17, 15) is 5.11 Å². The molecule has 0 spiro atoms. The van der Waals surface area contributed by atoms with Gasteiger partial charge in [-0.3, -0.25) is 0 Å². The van der Waals surface area contributed by atoms with Crippen LogP contribution in [0.5, 0.6) is 0 Å². The van der Waals surface area contributed by atoms with E-state index in [2.05, 4.69) is 37.0 Å². The second-order valence-corrected chi connectivity index (χ2v) is 7.79. The predicted octanol–water partition coefficient (Wildman–Crippen LogP) is 3.88. The summed E-state index contributed by atoms with van der Waals surface area (Å²) in [5, 5.41) is 14.2. The minimum absolute atomic E-state index is 0.134. The van der Waals surface area contributed by atoms with Crippen LogP contribution in [-0.4, -0.2) is 32.3 Å². The third-order valence-corrected chi connectivity index (χ3v) is 5.75. The lowest BCUT2D eigenvalue weighted by molar-refractivity contribution is 0.111. The van der Waals surface area contributed by atoms with Crippen LogP contribution < -0.4 is 5.32 Å². The molecular formula is C17H23BrN4O. The Morgan fingerprint density at radius 1 is 1.22 bits per heavy atom. The first-order valence-corrected chi connectivity index (χ1v) is 9.45. The molecule has 2 fully saturated rings. The lowest BCUT2D eigenvalue weighted by Crippen LogP contribution is -2.20. The second kappa shape index (κ2) is 6.40. The van der Waals surface area contributed by atoms with Crippen LogP contribution in [0.3, 0.4) is 0 Å². The number of aliphatic hydroxyl groups excluding tert-OH is 1. The summed E-state index contributed by atoms with van der Waals surface area (Å²) in [6.07, 6.45) is 11.6. The molecule has 2 aliphatic carbocycles. The minimum Gasteiger partial charge on any atom is -0.393 e. The smallest absolute Gasteiger partial charge is 0.224 e. The summed E-state index contributed by atoms with van der Waals surface area (Å²) in [5.74, 6) is 1.64. The summed E-state index contributed by atoms with van der Waals surface area (Å²) in [4.78, 5) is 9.21. The Balaban J connectivity index is 1.56. The predicted molar refractivity (Wildman–Crippen MR) is 94.6 cm³/mol. The topological polar surface area (TPSA) is 63.0 Å². The van der Waals surface area contributed by atoms with Crippen LogP contribution in [0, 0.1) is 5.92 Å². The molecule has 4 rings (SSSR count). The van der Waals surface area contributed by atoms with E-state index >= 15 is 0 Å². The Kier molecular flexibility index (Phi) is 4.28. The molecule has 0 atom stereocenters. The van der Waals surface area contributed by atoms with E-state index in [1.165, 1.54) is 19.3 Å². The molecule has 2 aliphatic rings. The van der Waals surface area contributed by atoms with Gasteiger partial charge in [-0.1, -0.05) is 12.8 Å². The number of aromatic nitrogens is 3. The van der Waals surface area contributed by atoms with Gasteiger partial charge in [0.25, 0.3) is 0 Å². The van der Waals surface area contributed by atoms with Crippen LogP contribution in [0.2, 0.25) is 0 Å².